The molecule has 1 heterocycles. The third kappa shape index (κ3) is 6.35. The number of hydrogen-bond donors (Lipinski definition) is 2. The second-order valence-electron chi connectivity index (χ2n) is 9.09. The zero-order valence-corrected chi connectivity index (χ0v) is 23.6. The lowest BCUT2D eigenvalue weighted by Gasteiger charge is -2.26. The first kappa shape index (κ1) is 28.4. The lowest BCUT2D eigenvalue weighted by Crippen LogP contribution is -2.35. The maximum Gasteiger partial charge on any atom is 0.262 e. The molecule has 0 unspecified atom stereocenters. The van der Waals surface area contributed by atoms with Crippen LogP contribution in [0.3, 0.4) is 0 Å². The quantitative estimate of drug-likeness (QED) is 0.391. The predicted octanol–water partition coefficient (Wildman–Crippen LogP) is 4.24. The molecule has 208 valence electrons. The summed E-state index contributed by atoms with van der Waals surface area (Å²) in [6, 6.07) is 14.9. The highest BCUT2D eigenvalue weighted by atomic mass is 32.2. The Morgan fingerprint density at radius 1 is 0.821 bits per heavy atom. The summed E-state index contributed by atoms with van der Waals surface area (Å²) in [7, 11) is -4.78. The van der Waals surface area contributed by atoms with Crippen molar-refractivity contribution in [3.05, 3.63) is 71.8 Å². The number of ether oxygens (including phenoxy) is 2. The largest absolute Gasteiger partial charge is 0.497 e. The molecule has 39 heavy (non-hydrogen) atoms. The molecule has 1 amide bonds. The van der Waals surface area contributed by atoms with E-state index in [0.717, 1.165) is 19.3 Å². The van der Waals surface area contributed by atoms with Crippen molar-refractivity contribution in [3.63, 3.8) is 0 Å². The van der Waals surface area contributed by atoms with Crippen LogP contribution in [0.5, 0.6) is 11.5 Å². The number of hydrogen-bond acceptors (Lipinski definition) is 7. The van der Waals surface area contributed by atoms with Gasteiger partial charge in [-0.25, -0.2) is 16.8 Å². The van der Waals surface area contributed by atoms with E-state index in [2.05, 4.69) is 10.0 Å². The van der Waals surface area contributed by atoms with Gasteiger partial charge < -0.3 is 14.8 Å². The number of rotatable bonds is 9. The smallest absolute Gasteiger partial charge is 0.262 e. The van der Waals surface area contributed by atoms with E-state index in [0.29, 0.717) is 35.8 Å². The van der Waals surface area contributed by atoms with Crippen LogP contribution in [0.4, 0.5) is 11.4 Å². The summed E-state index contributed by atoms with van der Waals surface area (Å²) in [4.78, 5) is 13.1. The number of benzene rings is 3. The van der Waals surface area contributed by atoms with Crippen molar-refractivity contribution in [2.24, 2.45) is 0 Å². The molecule has 1 aliphatic heterocycles. The first-order chi connectivity index (χ1) is 18.5. The standard InChI is InChI=1S/C27H31N3O7S2/c1-19-7-11-23(39(34,35)30-15-5-4-6-16-30)18-24(19)27(31)28-20-8-12-22(13-9-20)38(32,33)29-25-17-21(36-2)10-14-26(25)37-3/h7-14,17-18,29H,4-6,15-16H2,1-3H3,(H,28,31). The average Bonchev–Trinajstić information content (AvgIpc) is 2.93. The fourth-order valence-electron chi connectivity index (χ4n) is 4.27. The summed E-state index contributed by atoms with van der Waals surface area (Å²) in [5.41, 5.74) is 1.39. The van der Waals surface area contributed by atoms with Crippen LogP contribution in [0, 0.1) is 6.92 Å². The van der Waals surface area contributed by atoms with Gasteiger partial charge in [-0.2, -0.15) is 4.31 Å². The highest BCUT2D eigenvalue weighted by Gasteiger charge is 2.27. The van der Waals surface area contributed by atoms with Crippen LogP contribution in [0.15, 0.2) is 70.5 Å². The van der Waals surface area contributed by atoms with Crippen molar-refractivity contribution < 1.29 is 31.1 Å². The number of aryl methyl sites for hydroxylation is 1. The zero-order chi connectivity index (χ0) is 28.2. The summed E-state index contributed by atoms with van der Waals surface area (Å²) in [5.74, 6) is 0.274. The Labute approximate surface area is 229 Å². The van der Waals surface area contributed by atoms with Crippen molar-refractivity contribution in [2.45, 2.75) is 36.0 Å². The van der Waals surface area contributed by atoms with Crippen molar-refractivity contribution in [3.8, 4) is 11.5 Å². The number of carbonyl (C=O) groups is 1. The number of carbonyl (C=O) groups excluding carboxylic acids is 1. The van der Waals surface area contributed by atoms with E-state index in [1.165, 1.54) is 61.0 Å². The van der Waals surface area contributed by atoms with E-state index in [-0.39, 0.29) is 21.0 Å². The molecule has 3 aromatic rings. The highest BCUT2D eigenvalue weighted by Crippen LogP contribution is 2.31. The maximum atomic E-state index is 13.1. The summed E-state index contributed by atoms with van der Waals surface area (Å²) >= 11 is 0. The molecule has 1 saturated heterocycles. The monoisotopic (exact) mass is 573 g/mol. The van der Waals surface area contributed by atoms with Crippen LogP contribution in [0.2, 0.25) is 0 Å². The topological polar surface area (TPSA) is 131 Å². The van der Waals surface area contributed by atoms with E-state index >= 15 is 0 Å². The third-order valence-corrected chi connectivity index (χ3v) is 9.76. The zero-order valence-electron chi connectivity index (χ0n) is 21.9. The van der Waals surface area contributed by atoms with E-state index in [4.69, 9.17) is 9.47 Å². The van der Waals surface area contributed by atoms with Gasteiger partial charge in [-0.1, -0.05) is 12.5 Å². The Morgan fingerprint density at radius 3 is 2.13 bits per heavy atom. The summed E-state index contributed by atoms with van der Waals surface area (Å²) < 4.78 is 66.5. The number of anilines is 2. The molecule has 0 spiro atoms. The molecular weight excluding hydrogens is 542 g/mol. The first-order valence-electron chi connectivity index (χ1n) is 12.3. The van der Waals surface area contributed by atoms with Crippen LogP contribution < -0.4 is 19.5 Å². The van der Waals surface area contributed by atoms with E-state index in [9.17, 15) is 21.6 Å². The maximum absolute atomic E-state index is 13.1. The minimum Gasteiger partial charge on any atom is -0.497 e. The van der Waals surface area contributed by atoms with Gasteiger partial charge in [-0.3, -0.25) is 9.52 Å². The van der Waals surface area contributed by atoms with E-state index in [1.54, 1.807) is 25.1 Å². The minimum atomic E-state index is -3.98. The number of piperidine rings is 1. The molecule has 1 aliphatic rings. The van der Waals surface area contributed by atoms with Crippen LogP contribution in [-0.4, -0.2) is 54.4 Å². The second kappa shape index (κ2) is 11.6. The number of sulfonamides is 2. The summed E-state index contributed by atoms with van der Waals surface area (Å²) in [6.07, 6.45) is 2.62. The minimum absolute atomic E-state index is 0.0313. The average molecular weight is 574 g/mol. The molecule has 0 atom stereocenters. The SMILES string of the molecule is COc1ccc(OC)c(NS(=O)(=O)c2ccc(NC(=O)c3cc(S(=O)(=O)N4CCCCC4)ccc3C)cc2)c1. The van der Waals surface area contributed by atoms with Crippen LogP contribution >= 0.6 is 0 Å². The predicted molar refractivity (Wildman–Crippen MR) is 149 cm³/mol. The van der Waals surface area contributed by atoms with Gasteiger partial charge in [0.2, 0.25) is 10.0 Å². The lowest BCUT2D eigenvalue weighted by atomic mass is 10.1. The molecule has 0 bridgehead atoms. The Balaban J connectivity index is 1.51. The summed E-state index contributed by atoms with van der Waals surface area (Å²) in [6.45, 7) is 2.65. The fourth-order valence-corrected chi connectivity index (χ4v) is 6.88. The van der Waals surface area contributed by atoms with Crippen LogP contribution in [0.25, 0.3) is 0 Å². The molecule has 0 radical (unpaired) electrons. The first-order valence-corrected chi connectivity index (χ1v) is 15.2. The molecule has 1 fully saturated rings. The number of amides is 1. The van der Waals surface area contributed by atoms with Gasteiger partial charge in [0.1, 0.15) is 11.5 Å². The molecule has 12 heteroatoms. The Hall–Kier alpha value is -3.61. The van der Waals surface area contributed by atoms with E-state index < -0.39 is 26.0 Å². The molecule has 3 aromatic carbocycles. The second-order valence-corrected chi connectivity index (χ2v) is 12.7. The molecule has 0 aliphatic carbocycles. The van der Waals surface area contributed by atoms with Crippen molar-refractivity contribution in [2.75, 3.05) is 37.3 Å². The molecule has 0 saturated carbocycles. The molecule has 0 aromatic heterocycles. The number of methoxy groups -OCH3 is 2. The van der Waals surface area contributed by atoms with Gasteiger partial charge in [-0.05, 0) is 73.9 Å². The van der Waals surface area contributed by atoms with Gasteiger partial charge in [0, 0.05) is 30.4 Å². The van der Waals surface area contributed by atoms with E-state index in [1.807, 2.05) is 0 Å². The van der Waals surface area contributed by atoms with Gasteiger partial charge in [-0.15, -0.1) is 0 Å². The molecular formula is C27H31N3O7S2. The van der Waals surface area contributed by atoms with Crippen LogP contribution in [0.1, 0.15) is 35.2 Å². The Morgan fingerprint density at radius 2 is 1.49 bits per heavy atom. The number of nitrogens with one attached hydrogen (secondary N) is 2. The Kier molecular flexibility index (Phi) is 8.48. The molecule has 10 nitrogen and oxygen atoms in total. The van der Waals surface area contributed by atoms with Crippen molar-refractivity contribution in [1.82, 2.24) is 4.31 Å². The summed E-state index contributed by atoms with van der Waals surface area (Å²) in [5, 5.41) is 2.72. The van der Waals surface area contributed by atoms with Crippen molar-refractivity contribution >= 4 is 37.3 Å². The van der Waals surface area contributed by atoms with Gasteiger partial charge >= 0.3 is 0 Å². The molecule has 2 N–H and O–H groups in total. The van der Waals surface area contributed by atoms with Gasteiger partial charge in [0.05, 0.1) is 29.7 Å². The fraction of sp³-hybridized carbons (Fsp3) is 0.296. The number of nitrogens with zero attached hydrogens (tertiary/aromatic N) is 1. The van der Waals surface area contributed by atoms with Gasteiger partial charge in [0.15, 0.2) is 0 Å². The van der Waals surface area contributed by atoms with Crippen molar-refractivity contribution in [1.29, 1.82) is 0 Å². The van der Waals surface area contributed by atoms with Crippen LogP contribution in [-0.2, 0) is 20.0 Å². The third-order valence-electron chi connectivity index (χ3n) is 6.48. The normalized spacial score (nSPS) is 14.4. The van der Waals surface area contributed by atoms with Gasteiger partial charge in [0.25, 0.3) is 15.9 Å². The lowest BCUT2D eigenvalue weighted by molar-refractivity contribution is 0.102. The molecule has 4 rings (SSSR count). The Bertz CT molecular complexity index is 1570. The highest BCUT2D eigenvalue weighted by molar-refractivity contribution is 7.92.